The number of carbonyl (C=O) groups is 1. The Morgan fingerprint density at radius 2 is 2.00 bits per heavy atom. The van der Waals surface area contributed by atoms with Crippen LogP contribution in [-0.4, -0.2) is 21.2 Å². The van der Waals surface area contributed by atoms with Crippen molar-refractivity contribution in [2.24, 2.45) is 0 Å². The monoisotopic (exact) mass is 221 g/mol. The Morgan fingerprint density at radius 1 is 1.31 bits per heavy atom. The molecule has 86 valence electrons. The molecule has 16 heavy (non-hydrogen) atoms. The second kappa shape index (κ2) is 4.51. The highest BCUT2D eigenvalue weighted by Crippen LogP contribution is 2.32. The van der Waals surface area contributed by atoms with Crippen molar-refractivity contribution in [1.82, 2.24) is 4.98 Å². The fraction of sp³-hybridized carbons (Fsp3) is 0.500. The smallest absolute Gasteiger partial charge is 0.339 e. The van der Waals surface area contributed by atoms with Crippen molar-refractivity contribution in [3.05, 3.63) is 23.5 Å². The summed E-state index contributed by atoms with van der Waals surface area (Å²) < 4.78 is 0. The van der Waals surface area contributed by atoms with Crippen LogP contribution < -0.4 is 0 Å². The maximum atomic E-state index is 10.9. The predicted octanol–water partition coefficient (Wildman–Crippen LogP) is 2.53. The average Bonchev–Trinajstić information content (AvgIpc) is 2.30. The van der Waals surface area contributed by atoms with Gasteiger partial charge in [-0.05, 0) is 18.9 Å². The molecule has 0 atom stereocenters. The zero-order chi connectivity index (χ0) is 11.5. The van der Waals surface area contributed by atoms with Crippen molar-refractivity contribution in [2.45, 2.75) is 38.0 Å². The average molecular weight is 221 g/mol. The SMILES string of the molecule is O=C(O)c1cc(C2CCCCC2)ncc1O. The van der Waals surface area contributed by atoms with Gasteiger partial charge in [0.15, 0.2) is 0 Å². The van der Waals surface area contributed by atoms with Gasteiger partial charge in [-0.25, -0.2) is 4.79 Å². The van der Waals surface area contributed by atoms with Crippen LogP contribution in [0.2, 0.25) is 0 Å². The van der Waals surface area contributed by atoms with E-state index in [0.29, 0.717) is 5.92 Å². The van der Waals surface area contributed by atoms with E-state index in [9.17, 15) is 9.90 Å². The number of aromatic hydroxyl groups is 1. The Balaban J connectivity index is 2.27. The second-order valence-electron chi connectivity index (χ2n) is 4.27. The van der Waals surface area contributed by atoms with Gasteiger partial charge in [-0.1, -0.05) is 19.3 Å². The van der Waals surface area contributed by atoms with E-state index in [1.54, 1.807) is 0 Å². The van der Waals surface area contributed by atoms with E-state index in [0.717, 1.165) is 18.5 Å². The summed E-state index contributed by atoms with van der Waals surface area (Å²) in [6.07, 6.45) is 6.98. The Morgan fingerprint density at radius 3 is 2.62 bits per heavy atom. The minimum Gasteiger partial charge on any atom is -0.505 e. The minimum atomic E-state index is -1.10. The Kier molecular flexibility index (Phi) is 3.08. The number of rotatable bonds is 2. The second-order valence-corrected chi connectivity index (χ2v) is 4.27. The van der Waals surface area contributed by atoms with Crippen LogP contribution >= 0.6 is 0 Å². The summed E-state index contributed by atoms with van der Waals surface area (Å²) in [6.45, 7) is 0. The molecule has 1 aliphatic carbocycles. The van der Waals surface area contributed by atoms with Gasteiger partial charge in [0.25, 0.3) is 0 Å². The van der Waals surface area contributed by atoms with E-state index in [1.165, 1.54) is 31.5 Å². The molecule has 1 heterocycles. The quantitative estimate of drug-likeness (QED) is 0.805. The van der Waals surface area contributed by atoms with Crippen LogP contribution in [0.3, 0.4) is 0 Å². The molecule has 0 unspecified atom stereocenters. The zero-order valence-corrected chi connectivity index (χ0v) is 9.02. The summed E-state index contributed by atoms with van der Waals surface area (Å²) in [5.74, 6) is -1.00. The molecule has 2 rings (SSSR count). The number of hydrogen-bond donors (Lipinski definition) is 2. The van der Waals surface area contributed by atoms with Crippen molar-refractivity contribution in [3.8, 4) is 5.75 Å². The van der Waals surface area contributed by atoms with Crippen molar-refractivity contribution < 1.29 is 15.0 Å². The number of aromatic carboxylic acids is 1. The largest absolute Gasteiger partial charge is 0.505 e. The first kappa shape index (κ1) is 10.9. The van der Waals surface area contributed by atoms with Crippen LogP contribution in [0.25, 0.3) is 0 Å². The molecule has 0 saturated heterocycles. The predicted molar refractivity (Wildman–Crippen MR) is 58.7 cm³/mol. The minimum absolute atomic E-state index is 0.0458. The van der Waals surface area contributed by atoms with Crippen molar-refractivity contribution in [1.29, 1.82) is 0 Å². The number of hydrogen-bond acceptors (Lipinski definition) is 3. The van der Waals surface area contributed by atoms with Gasteiger partial charge in [-0.3, -0.25) is 4.98 Å². The molecule has 1 fully saturated rings. The molecule has 0 aromatic carbocycles. The molecule has 1 saturated carbocycles. The first-order valence-corrected chi connectivity index (χ1v) is 5.60. The van der Waals surface area contributed by atoms with Gasteiger partial charge in [0.2, 0.25) is 0 Å². The van der Waals surface area contributed by atoms with E-state index in [1.807, 2.05) is 0 Å². The van der Waals surface area contributed by atoms with Gasteiger partial charge in [0.1, 0.15) is 11.3 Å². The number of aromatic nitrogens is 1. The summed E-state index contributed by atoms with van der Waals surface area (Å²) >= 11 is 0. The standard InChI is InChI=1S/C12H15NO3/c14-11-7-13-10(6-9(11)12(15)16)8-4-2-1-3-5-8/h6-8,14H,1-5H2,(H,15,16). The van der Waals surface area contributed by atoms with E-state index < -0.39 is 5.97 Å². The van der Waals surface area contributed by atoms with Crippen LogP contribution in [0.15, 0.2) is 12.3 Å². The summed E-state index contributed by atoms with van der Waals surface area (Å²) in [7, 11) is 0. The van der Waals surface area contributed by atoms with Crippen molar-refractivity contribution in [3.63, 3.8) is 0 Å². The van der Waals surface area contributed by atoms with Crippen LogP contribution in [0.4, 0.5) is 0 Å². The fourth-order valence-electron chi connectivity index (χ4n) is 2.26. The molecule has 0 radical (unpaired) electrons. The zero-order valence-electron chi connectivity index (χ0n) is 9.02. The summed E-state index contributed by atoms with van der Waals surface area (Å²) in [5.41, 5.74) is 0.755. The third kappa shape index (κ3) is 2.15. The first-order chi connectivity index (χ1) is 7.68. The fourth-order valence-corrected chi connectivity index (χ4v) is 2.26. The van der Waals surface area contributed by atoms with E-state index in [2.05, 4.69) is 4.98 Å². The lowest BCUT2D eigenvalue weighted by Gasteiger charge is -2.21. The number of pyridine rings is 1. The molecule has 0 amide bonds. The lowest BCUT2D eigenvalue weighted by atomic mass is 9.86. The Labute approximate surface area is 93.9 Å². The third-order valence-electron chi connectivity index (χ3n) is 3.16. The highest BCUT2D eigenvalue weighted by Gasteiger charge is 2.19. The summed E-state index contributed by atoms with van der Waals surface area (Å²) in [6, 6.07) is 1.51. The molecule has 1 aromatic rings. The van der Waals surface area contributed by atoms with Gasteiger partial charge < -0.3 is 10.2 Å². The van der Waals surface area contributed by atoms with E-state index in [-0.39, 0.29) is 11.3 Å². The molecule has 0 spiro atoms. The Bertz CT molecular complexity index is 397. The summed E-state index contributed by atoms with van der Waals surface area (Å²) in [4.78, 5) is 15.0. The van der Waals surface area contributed by atoms with Crippen LogP contribution in [0, 0.1) is 0 Å². The van der Waals surface area contributed by atoms with E-state index in [4.69, 9.17) is 5.11 Å². The van der Waals surface area contributed by atoms with Gasteiger partial charge in [-0.2, -0.15) is 0 Å². The number of nitrogens with zero attached hydrogens (tertiary/aromatic N) is 1. The maximum absolute atomic E-state index is 10.9. The van der Waals surface area contributed by atoms with Crippen molar-refractivity contribution in [2.75, 3.05) is 0 Å². The van der Waals surface area contributed by atoms with Gasteiger partial charge in [0, 0.05) is 11.6 Å². The molecule has 2 N–H and O–H groups in total. The van der Waals surface area contributed by atoms with Gasteiger partial charge >= 0.3 is 5.97 Å². The lowest BCUT2D eigenvalue weighted by molar-refractivity contribution is 0.0693. The molecule has 4 heteroatoms. The van der Waals surface area contributed by atoms with Gasteiger partial charge in [-0.15, -0.1) is 0 Å². The molecule has 1 aliphatic rings. The van der Waals surface area contributed by atoms with Crippen LogP contribution in [0.5, 0.6) is 5.75 Å². The lowest BCUT2D eigenvalue weighted by Crippen LogP contribution is -2.08. The number of carboxylic acids is 1. The highest BCUT2D eigenvalue weighted by molar-refractivity contribution is 5.90. The molecule has 0 aliphatic heterocycles. The van der Waals surface area contributed by atoms with Gasteiger partial charge in [0.05, 0.1) is 6.20 Å². The van der Waals surface area contributed by atoms with E-state index >= 15 is 0 Å². The molecular formula is C12H15NO3. The van der Waals surface area contributed by atoms with Crippen molar-refractivity contribution >= 4 is 5.97 Å². The topological polar surface area (TPSA) is 70.4 Å². The van der Waals surface area contributed by atoms with Crippen LogP contribution in [-0.2, 0) is 0 Å². The Hall–Kier alpha value is -1.58. The summed E-state index contributed by atoms with van der Waals surface area (Å²) in [5, 5.41) is 18.3. The molecule has 4 nitrogen and oxygen atoms in total. The highest BCUT2D eigenvalue weighted by atomic mass is 16.4. The number of carboxylic acid groups (broad SMARTS) is 1. The first-order valence-electron chi connectivity index (χ1n) is 5.60. The normalized spacial score (nSPS) is 17.2. The van der Waals surface area contributed by atoms with Crippen LogP contribution in [0.1, 0.15) is 54.1 Å². The third-order valence-corrected chi connectivity index (χ3v) is 3.16. The molecule has 1 aromatic heterocycles. The maximum Gasteiger partial charge on any atom is 0.339 e. The molecule has 0 bridgehead atoms. The molecular weight excluding hydrogens is 206 g/mol.